The Hall–Kier alpha value is -2.62. The number of rotatable bonds is 5. The summed E-state index contributed by atoms with van der Waals surface area (Å²) in [4.78, 5) is 14.1. The van der Waals surface area contributed by atoms with E-state index in [4.69, 9.17) is 0 Å². The highest BCUT2D eigenvalue weighted by molar-refractivity contribution is 7.91. The molecule has 10 heteroatoms. The molecule has 27 heavy (non-hydrogen) atoms. The molecule has 1 aromatic heterocycles. The summed E-state index contributed by atoms with van der Waals surface area (Å²) in [5, 5.41) is 10.1. The van der Waals surface area contributed by atoms with Crippen LogP contribution in [-0.2, 0) is 9.84 Å². The van der Waals surface area contributed by atoms with Crippen LogP contribution in [0.2, 0.25) is 0 Å². The van der Waals surface area contributed by atoms with Gasteiger partial charge in [0.25, 0.3) is 5.91 Å². The first kappa shape index (κ1) is 19.2. The molecule has 144 valence electrons. The second-order valence-corrected chi connectivity index (χ2v) is 8.40. The van der Waals surface area contributed by atoms with Crippen molar-refractivity contribution in [3.8, 4) is 0 Å². The molecular weight excluding hydrogens is 378 g/mol. The molecule has 1 saturated heterocycles. The second-order valence-electron chi connectivity index (χ2n) is 6.17. The number of benzene rings is 1. The highest BCUT2D eigenvalue weighted by Crippen LogP contribution is 2.22. The van der Waals surface area contributed by atoms with Gasteiger partial charge in [0, 0.05) is 12.6 Å². The summed E-state index contributed by atoms with van der Waals surface area (Å²) in [7, 11) is -3.13. The third-order valence-corrected chi connectivity index (χ3v) is 6.10. The lowest BCUT2D eigenvalue weighted by Crippen LogP contribution is -2.41. The van der Waals surface area contributed by atoms with Crippen LogP contribution in [0.3, 0.4) is 0 Å². The Morgan fingerprint density at radius 2 is 1.93 bits per heavy atom. The van der Waals surface area contributed by atoms with E-state index in [0.29, 0.717) is 13.0 Å². The average Bonchev–Trinajstić information content (AvgIpc) is 2.99. The minimum atomic E-state index is -3.13. The lowest BCUT2D eigenvalue weighted by atomic mass is 10.2. The lowest BCUT2D eigenvalue weighted by Gasteiger charge is -2.26. The van der Waals surface area contributed by atoms with Crippen LogP contribution in [0.4, 0.5) is 20.3 Å². The van der Waals surface area contributed by atoms with Crippen LogP contribution in [0.25, 0.3) is 0 Å². The molecule has 1 aliphatic rings. The number of hydrogen-bond acceptors (Lipinski definition) is 6. The number of amides is 1. The molecular formula is C17H18F2N4O3S. The SMILES string of the molecule is CCN(C(=O)c1ccc(Nc2c(F)cccc2F)nn1)C1CCS(=O)(=O)C1. The number of nitrogens with one attached hydrogen (secondary N) is 1. The fourth-order valence-corrected chi connectivity index (χ4v) is 4.72. The Kier molecular flexibility index (Phi) is 5.36. The molecule has 0 aliphatic carbocycles. The zero-order valence-electron chi connectivity index (χ0n) is 14.5. The average molecular weight is 396 g/mol. The summed E-state index contributed by atoms with van der Waals surface area (Å²) in [6, 6.07) is 5.82. The van der Waals surface area contributed by atoms with E-state index < -0.39 is 27.4 Å². The van der Waals surface area contributed by atoms with Gasteiger partial charge in [0.2, 0.25) is 0 Å². The maximum Gasteiger partial charge on any atom is 0.274 e. The molecule has 1 aliphatic heterocycles. The van der Waals surface area contributed by atoms with E-state index in [1.807, 2.05) is 0 Å². The van der Waals surface area contributed by atoms with Crippen molar-refractivity contribution in [1.29, 1.82) is 0 Å². The van der Waals surface area contributed by atoms with Gasteiger partial charge in [-0.05, 0) is 37.6 Å². The van der Waals surface area contributed by atoms with Crippen molar-refractivity contribution in [2.45, 2.75) is 19.4 Å². The fourth-order valence-electron chi connectivity index (χ4n) is 2.99. The van der Waals surface area contributed by atoms with Crippen LogP contribution in [-0.4, -0.2) is 53.5 Å². The lowest BCUT2D eigenvalue weighted by molar-refractivity contribution is 0.0701. The molecule has 1 unspecified atom stereocenters. The van der Waals surface area contributed by atoms with E-state index in [1.54, 1.807) is 6.92 Å². The predicted molar refractivity (Wildman–Crippen MR) is 95.4 cm³/mol. The third-order valence-electron chi connectivity index (χ3n) is 4.35. The third kappa shape index (κ3) is 4.21. The minimum Gasteiger partial charge on any atom is -0.334 e. The molecule has 0 bridgehead atoms. The monoisotopic (exact) mass is 396 g/mol. The number of para-hydroxylation sites is 1. The number of carbonyl (C=O) groups is 1. The van der Waals surface area contributed by atoms with Gasteiger partial charge in [-0.25, -0.2) is 17.2 Å². The topological polar surface area (TPSA) is 92.3 Å². The van der Waals surface area contributed by atoms with Crippen LogP contribution in [0.1, 0.15) is 23.8 Å². The van der Waals surface area contributed by atoms with Crippen LogP contribution in [0, 0.1) is 11.6 Å². The van der Waals surface area contributed by atoms with Crippen molar-refractivity contribution in [3.63, 3.8) is 0 Å². The highest BCUT2D eigenvalue weighted by Gasteiger charge is 2.34. The maximum absolute atomic E-state index is 13.7. The number of anilines is 2. The number of aromatic nitrogens is 2. The van der Waals surface area contributed by atoms with Crippen LogP contribution >= 0.6 is 0 Å². The largest absolute Gasteiger partial charge is 0.334 e. The number of carbonyl (C=O) groups excluding carboxylic acids is 1. The quantitative estimate of drug-likeness (QED) is 0.833. The molecule has 1 aromatic carbocycles. The normalized spacial score (nSPS) is 18.3. The zero-order valence-corrected chi connectivity index (χ0v) is 15.3. The summed E-state index contributed by atoms with van der Waals surface area (Å²) in [5.74, 6) is -1.93. The van der Waals surface area contributed by atoms with Gasteiger partial charge in [-0.1, -0.05) is 6.07 Å². The summed E-state index contributed by atoms with van der Waals surface area (Å²) in [5.41, 5.74) is -0.335. The Bertz CT molecular complexity index is 931. The molecule has 1 fully saturated rings. The second kappa shape index (κ2) is 7.55. The molecule has 2 heterocycles. The maximum atomic E-state index is 13.7. The van der Waals surface area contributed by atoms with E-state index in [9.17, 15) is 22.0 Å². The first-order chi connectivity index (χ1) is 12.8. The molecule has 1 N–H and O–H groups in total. The molecule has 2 aromatic rings. The minimum absolute atomic E-state index is 0.0284. The van der Waals surface area contributed by atoms with Crippen molar-refractivity contribution in [3.05, 3.63) is 47.7 Å². The van der Waals surface area contributed by atoms with Crippen molar-refractivity contribution >= 4 is 27.2 Å². The zero-order chi connectivity index (χ0) is 19.6. The Balaban J connectivity index is 1.75. The standard InChI is InChI=1S/C17H18F2N4O3S/c1-2-23(11-8-9-27(25,26)10-11)17(24)14-6-7-15(22-21-14)20-16-12(18)4-3-5-13(16)19/h3-7,11H,2,8-10H2,1H3,(H,20,22). The van der Waals surface area contributed by atoms with Gasteiger partial charge in [-0.2, -0.15) is 0 Å². The van der Waals surface area contributed by atoms with Crippen LogP contribution in [0.15, 0.2) is 30.3 Å². The fraction of sp³-hybridized carbons (Fsp3) is 0.353. The molecule has 1 atom stereocenters. The Labute approximate surface area is 155 Å². The van der Waals surface area contributed by atoms with Gasteiger partial charge in [-0.15, -0.1) is 10.2 Å². The first-order valence-corrected chi connectivity index (χ1v) is 10.2. The highest BCUT2D eigenvalue weighted by atomic mass is 32.2. The predicted octanol–water partition coefficient (Wildman–Crippen LogP) is 2.15. The summed E-state index contributed by atoms with van der Waals surface area (Å²) in [6.07, 6.45) is 0.390. The molecule has 1 amide bonds. The number of hydrogen-bond donors (Lipinski definition) is 1. The van der Waals surface area contributed by atoms with E-state index in [2.05, 4.69) is 15.5 Å². The molecule has 0 spiro atoms. The summed E-state index contributed by atoms with van der Waals surface area (Å²) in [6.45, 7) is 2.09. The number of sulfone groups is 1. The van der Waals surface area contributed by atoms with Gasteiger partial charge in [0.15, 0.2) is 21.3 Å². The molecule has 3 rings (SSSR count). The summed E-state index contributed by atoms with van der Waals surface area (Å²) >= 11 is 0. The van der Waals surface area contributed by atoms with Gasteiger partial charge < -0.3 is 10.2 Å². The Morgan fingerprint density at radius 1 is 1.22 bits per heavy atom. The summed E-state index contributed by atoms with van der Waals surface area (Å²) < 4.78 is 50.7. The van der Waals surface area contributed by atoms with Crippen molar-refractivity contribution in [1.82, 2.24) is 15.1 Å². The van der Waals surface area contributed by atoms with E-state index in [1.165, 1.54) is 23.1 Å². The van der Waals surface area contributed by atoms with E-state index in [-0.39, 0.29) is 34.7 Å². The number of nitrogens with zero attached hydrogens (tertiary/aromatic N) is 3. The smallest absolute Gasteiger partial charge is 0.274 e. The van der Waals surface area contributed by atoms with Crippen LogP contribution in [0.5, 0.6) is 0 Å². The molecule has 7 nitrogen and oxygen atoms in total. The van der Waals surface area contributed by atoms with Crippen LogP contribution < -0.4 is 5.32 Å². The Morgan fingerprint density at radius 3 is 2.44 bits per heavy atom. The molecule has 0 radical (unpaired) electrons. The first-order valence-electron chi connectivity index (χ1n) is 8.37. The van der Waals surface area contributed by atoms with E-state index in [0.717, 1.165) is 12.1 Å². The van der Waals surface area contributed by atoms with Gasteiger partial charge in [-0.3, -0.25) is 4.79 Å². The molecule has 0 saturated carbocycles. The van der Waals surface area contributed by atoms with Crippen molar-refractivity contribution in [2.24, 2.45) is 0 Å². The van der Waals surface area contributed by atoms with Gasteiger partial charge in [0.05, 0.1) is 11.5 Å². The number of halogens is 2. The van der Waals surface area contributed by atoms with Gasteiger partial charge in [0.1, 0.15) is 17.3 Å². The van der Waals surface area contributed by atoms with Gasteiger partial charge >= 0.3 is 0 Å². The van der Waals surface area contributed by atoms with E-state index >= 15 is 0 Å². The van der Waals surface area contributed by atoms with Crippen molar-refractivity contribution < 1.29 is 22.0 Å². The van der Waals surface area contributed by atoms with Crippen molar-refractivity contribution in [2.75, 3.05) is 23.4 Å².